The number of methoxy groups -OCH3 is 1. The molecule has 0 aliphatic carbocycles. The SMILES string of the molecule is COc1ccc(-c2cccnc2)cc1CC(=O)c1ccc(C(=O)O)cc1. The van der Waals surface area contributed by atoms with Gasteiger partial charge in [0.1, 0.15) is 5.75 Å². The van der Waals surface area contributed by atoms with Crippen LogP contribution in [0.1, 0.15) is 26.3 Å². The topological polar surface area (TPSA) is 76.5 Å². The molecule has 0 radical (unpaired) electrons. The lowest BCUT2D eigenvalue weighted by molar-refractivity contribution is 0.0696. The van der Waals surface area contributed by atoms with E-state index in [0.717, 1.165) is 16.7 Å². The minimum atomic E-state index is -1.02. The highest BCUT2D eigenvalue weighted by molar-refractivity contribution is 5.99. The standard InChI is InChI=1S/C21H17NO4/c1-26-20-9-8-16(17-3-2-10-22-13-17)11-18(20)12-19(23)14-4-6-15(7-5-14)21(24)25/h2-11,13H,12H2,1H3,(H,24,25). The summed E-state index contributed by atoms with van der Waals surface area (Å²) >= 11 is 0. The molecule has 1 aromatic heterocycles. The number of ether oxygens (including phenoxy) is 1. The first kappa shape index (κ1) is 17.4. The number of aromatic nitrogens is 1. The number of carboxylic acids is 1. The monoisotopic (exact) mass is 347 g/mol. The van der Waals surface area contributed by atoms with Gasteiger partial charge in [0.05, 0.1) is 12.7 Å². The van der Waals surface area contributed by atoms with E-state index >= 15 is 0 Å². The molecular weight excluding hydrogens is 330 g/mol. The Morgan fingerprint density at radius 1 is 1.00 bits per heavy atom. The fraction of sp³-hybridized carbons (Fsp3) is 0.0952. The van der Waals surface area contributed by atoms with Crippen LogP contribution in [0.15, 0.2) is 67.0 Å². The van der Waals surface area contributed by atoms with Gasteiger partial charge in [0, 0.05) is 35.5 Å². The van der Waals surface area contributed by atoms with Gasteiger partial charge in [-0.25, -0.2) is 4.79 Å². The van der Waals surface area contributed by atoms with Crippen LogP contribution >= 0.6 is 0 Å². The van der Waals surface area contributed by atoms with Crippen LogP contribution in [0.2, 0.25) is 0 Å². The van der Waals surface area contributed by atoms with Crippen LogP contribution < -0.4 is 4.74 Å². The maximum absolute atomic E-state index is 12.6. The van der Waals surface area contributed by atoms with Crippen molar-refractivity contribution in [2.24, 2.45) is 0 Å². The molecule has 0 fully saturated rings. The van der Waals surface area contributed by atoms with Gasteiger partial charge in [0.25, 0.3) is 0 Å². The van der Waals surface area contributed by atoms with Crippen molar-refractivity contribution >= 4 is 11.8 Å². The Bertz CT molecular complexity index is 934. The average Bonchev–Trinajstić information content (AvgIpc) is 2.68. The molecule has 5 nitrogen and oxygen atoms in total. The van der Waals surface area contributed by atoms with Crippen molar-refractivity contribution < 1.29 is 19.4 Å². The number of carboxylic acid groups (broad SMARTS) is 1. The zero-order chi connectivity index (χ0) is 18.5. The van der Waals surface area contributed by atoms with Crippen molar-refractivity contribution in [1.29, 1.82) is 0 Å². The number of ketones is 1. The van der Waals surface area contributed by atoms with Crippen LogP contribution in [0.4, 0.5) is 0 Å². The Hall–Kier alpha value is -3.47. The van der Waals surface area contributed by atoms with E-state index in [9.17, 15) is 9.59 Å². The average molecular weight is 347 g/mol. The minimum Gasteiger partial charge on any atom is -0.496 e. The van der Waals surface area contributed by atoms with Crippen LogP contribution in [0, 0.1) is 0 Å². The van der Waals surface area contributed by atoms with E-state index in [-0.39, 0.29) is 17.8 Å². The number of pyridine rings is 1. The lowest BCUT2D eigenvalue weighted by Crippen LogP contribution is -2.06. The summed E-state index contributed by atoms with van der Waals surface area (Å²) < 4.78 is 5.38. The first-order chi connectivity index (χ1) is 12.6. The summed E-state index contributed by atoms with van der Waals surface area (Å²) in [6.07, 6.45) is 3.62. The largest absolute Gasteiger partial charge is 0.496 e. The van der Waals surface area contributed by atoms with Gasteiger partial charge in [-0.05, 0) is 35.9 Å². The van der Waals surface area contributed by atoms with Crippen molar-refractivity contribution in [3.05, 3.63) is 83.7 Å². The van der Waals surface area contributed by atoms with E-state index in [1.165, 1.54) is 24.3 Å². The number of carbonyl (C=O) groups excluding carboxylic acids is 1. The predicted molar refractivity (Wildman–Crippen MR) is 97.7 cm³/mol. The molecular formula is C21H17NO4. The lowest BCUT2D eigenvalue weighted by Gasteiger charge is -2.11. The number of hydrogen-bond donors (Lipinski definition) is 1. The molecule has 0 saturated heterocycles. The second-order valence-corrected chi connectivity index (χ2v) is 5.75. The quantitative estimate of drug-likeness (QED) is 0.685. The van der Waals surface area contributed by atoms with E-state index in [0.29, 0.717) is 11.3 Å². The Morgan fingerprint density at radius 3 is 2.35 bits per heavy atom. The minimum absolute atomic E-state index is 0.108. The van der Waals surface area contributed by atoms with Crippen LogP contribution in [-0.4, -0.2) is 29.0 Å². The van der Waals surface area contributed by atoms with E-state index in [1.54, 1.807) is 19.5 Å². The summed E-state index contributed by atoms with van der Waals surface area (Å²) in [4.78, 5) is 27.6. The van der Waals surface area contributed by atoms with Gasteiger partial charge in [0.2, 0.25) is 0 Å². The summed E-state index contributed by atoms with van der Waals surface area (Å²) in [5, 5.41) is 8.95. The fourth-order valence-electron chi connectivity index (χ4n) is 2.70. The highest BCUT2D eigenvalue weighted by Gasteiger charge is 2.13. The Labute approximate surface area is 150 Å². The molecule has 130 valence electrons. The summed E-state index contributed by atoms with van der Waals surface area (Å²) in [7, 11) is 1.56. The smallest absolute Gasteiger partial charge is 0.335 e. The van der Waals surface area contributed by atoms with Crippen molar-refractivity contribution in [1.82, 2.24) is 4.98 Å². The Kier molecular flexibility index (Phi) is 5.08. The molecule has 0 amide bonds. The molecule has 0 saturated carbocycles. The van der Waals surface area contributed by atoms with Gasteiger partial charge in [-0.1, -0.05) is 24.3 Å². The summed E-state index contributed by atoms with van der Waals surface area (Å²) in [5.74, 6) is -0.494. The molecule has 0 aliphatic rings. The molecule has 0 spiro atoms. The van der Waals surface area contributed by atoms with E-state index in [4.69, 9.17) is 9.84 Å². The molecule has 0 aliphatic heterocycles. The van der Waals surface area contributed by atoms with Crippen LogP contribution in [0.5, 0.6) is 5.75 Å². The first-order valence-electron chi connectivity index (χ1n) is 8.02. The summed E-state index contributed by atoms with van der Waals surface area (Å²) in [5.41, 5.74) is 3.28. The van der Waals surface area contributed by atoms with Crippen molar-refractivity contribution in [2.75, 3.05) is 7.11 Å². The number of hydrogen-bond acceptors (Lipinski definition) is 4. The van der Waals surface area contributed by atoms with E-state index in [2.05, 4.69) is 4.98 Å². The van der Waals surface area contributed by atoms with Gasteiger partial charge in [-0.15, -0.1) is 0 Å². The molecule has 1 N–H and O–H groups in total. The van der Waals surface area contributed by atoms with E-state index < -0.39 is 5.97 Å². The maximum Gasteiger partial charge on any atom is 0.335 e. The highest BCUT2D eigenvalue weighted by atomic mass is 16.5. The summed E-state index contributed by atoms with van der Waals surface area (Å²) in [6, 6.07) is 15.4. The second-order valence-electron chi connectivity index (χ2n) is 5.75. The summed E-state index contributed by atoms with van der Waals surface area (Å²) in [6.45, 7) is 0. The van der Waals surface area contributed by atoms with Gasteiger partial charge in [-0.2, -0.15) is 0 Å². The normalized spacial score (nSPS) is 10.3. The number of aromatic carboxylic acids is 1. The predicted octanol–water partition coefficient (Wildman–Crippen LogP) is 3.88. The van der Waals surface area contributed by atoms with Gasteiger partial charge in [0.15, 0.2) is 5.78 Å². The second kappa shape index (κ2) is 7.61. The third-order valence-corrected chi connectivity index (χ3v) is 4.08. The van der Waals surface area contributed by atoms with E-state index in [1.807, 2.05) is 30.3 Å². The van der Waals surface area contributed by atoms with Crippen LogP contribution in [0.3, 0.4) is 0 Å². The van der Waals surface area contributed by atoms with Crippen molar-refractivity contribution in [2.45, 2.75) is 6.42 Å². The number of rotatable bonds is 6. The molecule has 0 unspecified atom stereocenters. The Balaban J connectivity index is 1.88. The molecule has 0 bridgehead atoms. The molecule has 2 aromatic carbocycles. The first-order valence-corrected chi connectivity index (χ1v) is 8.02. The third-order valence-electron chi connectivity index (χ3n) is 4.08. The third kappa shape index (κ3) is 3.78. The number of benzene rings is 2. The van der Waals surface area contributed by atoms with Crippen molar-refractivity contribution in [3.8, 4) is 16.9 Å². The van der Waals surface area contributed by atoms with Crippen LogP contribution in [-0.2, 0) is 6.42 Å². The van der Waals surface area contributed by atoms with Gasteiger partial charge in [-0.3, -0.25) is 9.78 Å². The molecule has 3 rings (SSSR count). The number of nitrogens with zero attached hydrogens (tertiary/aromatic N) is 1. The molecule has 26 heavy (non-hydrogen) atoms. The van der Waals surface area contributed by atoms with Crippen LogP contribution in [0.25, 0.3) is 11.1 Å². The Morgan fingerprint density at radius 2 is 1.73 bits per heavy atom. The highest BCUT2D eigenvalue weighted by Crippen LogP contribution is 2.27. The molecule has 1 heterocycles. The molecule has 5 heteroatoms. The lowest BCUT2D eigenvalue weighted by atomic mass is 9.98. The van der Waals surface area contributed by atoms with Gasteiger partial charge >= 0.3 is 5.97 Å². The van der Waals surface area contributed by atoms with Crippen molar-refractivity contribution in [3.63, 3.8) is 0 Å². The zero-order valence-corrected chi connectivity index (χ0v) is 14.2. The fourth-order valence-corrected chi connectivity index (χ4v) is 2.70. The molecule has 0 atom stereocenters. The molecule has 3 aromatic rings. The maximum atomic E-state index is 12.6. The zero-order valence-electron chi connectivity index (χ0n) is 14.2. The number of carbonyl (C=O) groups is 2. The van der Waals surface area contributed by atoms with Gasteiger partial charge < -0.3 is 9.84 Å². The number of Topliss-reactive ketones (excluding diaryl/α,β-unsaturated/α-hetero) is 1.